The number of hydrogen-bond donors (Lipinski definition) is 2. The standard InChI is InChI=1S/C13H9Cl2N2O/c14-11-7-6-10(8-12(11)15)17-13(18)16-9-4-2-1-3-5-9/h1-2,4-8H,(H2,16,17,18). The summed E-state index contributed by atoms with van der Waals surface area (Å²) in [4.78, 5) is 11.7. The molecule has 91 valence electrons. The van der Waals surface area contributed by atoms with Crippen molar-refractivity contribution in [3.63, 3.8) is 0 Å². The molecule has 0 spiro atoms. The van der Waals surface area contributed by atoms with Crippen LogP contribution >= 0.6 is 23.2 Å². The molecule has 1 radical (unpaired) electrons. The second-order valence-electron chi connectivity index (χ2n) is 3.50. The van der Waals surface area contributed by atoms with E-state index in [1.807, 2.05) is 0 Å². The highest BCUT2D eigenvalue weighted by atomic mass is 35.5. The van der Waals surface area contributed by atoms with Crippen LogP contribution in [-0.2, 0) is 0 Å². The smallest absolute Gasteiger partial charge is 0.308 e. The second-order valence-corrected chi connectivity index (χ2v) is 4.31. The van der Waals surface area contributed by atoms with Gasteiger partial charge in [0.25, 0.3) is 0 Å². The van der Waals surface area contributed by atoms with Crippen LogP contribution in [0.1, 0.15) is 0 Å². The Morgan fingerprint density at radius 3 is 2.50 bits per heavy atom. The quantitative estimate of drug-likeness (QED) is 0.839. The van der Waals surface area contributed by atoms with Crippen LogP contribution in [0.5, 0.6) is 0 Å². The zero-order valence-electron chi connectivity index (χ0n) is 9.21. The predicted molar refractivity (Wildman–Crippen MR) is 74.4 cm³/mol. The number of amides is 2. The maximum absolute atomic E-state index is 11.7. The van der Waals surface area contributed by atoms with E-state index in [1.165, 1.54) is 0 Å². The molecule has 0 atom stereocenters. The number of rotatable bonds is 2. The molecular formula is C13H9Cl2N2O. The van der Waals surface area contributed by atoms with Gasteiger partial charge in [0.1, 0.15) is 0 Å². The molecule has 3 nitrogen and oxygen atoms in total. The van der Waals surface area contributed by atoms with Crippen molar-refractivity contribution in [2.75, 3.05) is 10.6 Å². The summed E-state index contributed by atoms with van der Waals surface area (Å²) >= 11 is 11.6. The molecule has 0 fully saturated rings. The number of carbonyl (C=O) groups excluding carboxylic acids is 1. The van der Waals surface area contributed by atoms with Gasteiger partial charge in [0.2, 0.25) is 0 Å². The van der Waals surface area contributed by atoms with Gasteiger partial charge in [-0.1, -0.05) is 35.3 Å². The van der Waals surface area contributed by atoms with Crippen LogP contribution in [0, 0.1) is 6.07 Å². The summed E-state index contributed by atoms with van der Waals surface area (Å²) in [7, 11) is 0. The lowest BCUT2D eigenvalue weighted by molar-refractivity contribution is 0.262. The molecule has 0 aliphatic carbocycles. The Morgan fingerprint density at radius 2 is 1.83 bits per heavy atom. The van der Waals surface area contributed by atoms with Crippen LogP contribution in [0.4, 0.5) is 16.2 Å². The molecule has 2 amide bonds. The minimum Gasteiger partial charge on any atom is -0.308 e. The summed E-state index contributed by atoms with van der Waals surface area (Å²) in [6.07, 6.45) is 0. The van der Waals surface area contributed by atoms with Gasteiger partial charge in [0, 0.05) is 11.4 Å². The van der Waals surface area contributed by atoms with Crippen molar-refractivity contribution < 1.29 is 4.79 Å². The molecule has 2 rings (SSSR count). The van der Waals surface area contributed by atoms with Crippen molar-refractivity contribution in [1.29, 1.82) is 0 Å². The molecule has 0 unspecified atom stereocenters. The highest BCUT2D eigenvalue weighted by Crippen LogP contribution is 2.25. The van der Waals surface area contributed by atoms with Gasteiger partial charge in [-0.3, -0.25) is 0 Å². The molecule has 0 saturated carbocycles. The number of benzene rings is 2. The van der Waals surface area contributed by atoms with Gasteiger partial charge in [-0.05, 0) is 36.4 Å². The molecule has 2 N–H and O–H groups in total. The van der Waals surface area contributed by atoms with Gasteiger partial charge < -0.3 is 10.6 Å². The fourth-order valence-electron chi connectivity index (χ4n) is 1.34. The highest BCUT2D eigenvalue weighted by molar-refractivity contribution is 6.42. The monoisotopic (exact) mass is 279 g/mol. The Morgan fingerprint density at radius 1 is 1.06 bits per heavy atom. The van der Waals surface area contributed by atoms with E-state index in [0.717, 1.165) is 0 Å². The topological polar surface area (TPSA) is 41.1 Å². The van der Waals surface area contributed by atoms with Crippen LogP contribution in [0.25, 0.3) is 0 Å². The summed E-state index contributed by atoms with van der Waals surface area (Å²) < 4.78 is 0. The Balaban J connectivity index is 2.01. The summed E-state index contributed by atoms with van der Waals surface area (Å²) in [5, 5.41) is 6.15. The van der Waals surface area contributed by atoms with Crippen LogP contribution in [0.15, 0.2) is 42.5 Å². The third-order valence-electron chi connectivity index (χ3n) is 2.14. The van der Waals surface area contributed by atoms with Gasteiger partial charge in [-0.15, -0.1) is 0 Å². The summed E-state index contributed by atoms with van der Waals surface area (Å²) in [5.74, 6) is 0. The largest absolute Gasteiger partial charge is 0.323 e. The molecule has 2 aromatic rings. The maximum atomic E-state index is 11.7. The molecule has 0 aliphatic heterocycles. The van der Waals surface area contributed by atoms with E-state index in [2.05, 4.69) is 16.7 Å². The van der Waals surface area contributed by atoms with Crippen molar-refractivity contribution in [3.8, 4) is 0 Å². The lowest BCUT2D eigenvalue weighted by Crippen LogP contribution is -2.19. The van der Waals surface area contributed by atoms with Crippen LogP contribution in [0.3, 0.4) is 0 Å². The van der Waals surface area contributed by atoms with E-state index >= 15 is 0 Å². The molecular weight excluding hydrogens is 271 g/mol. The third-order valence-corrected chi connectivity index (χ3v) is 2.88. The molecule has 5 heteroatoms. The first-order valence-corrected chi connectivity index (χ1v) is 5.90. The van der Waals surface area contributed by atoms with Crippen LogP contribution < -0.4 is 10.6 Å². The van der Waals surface area contributed by atoms with Crippen molar-refractivity contribution in [2.24, 2.45) is 0 Å². The average molecular weight is 280 g/mol. The Kier molecular flexibility index (Phi) is 4.07. The van der Waals surface area contributed by atoms with Gasteiger partial charge >= 0.3 is 6.03 Å². The van der Waals surface area contributed by atoms with E-state index < -0.39 is 0 Å². The second kappa shape index (κ2) is 5.76. The average Bonchev–Trinajstić information content (AvgIpc) is 2.35. The Hall–Kier alpha value is -1.71. The summed E-state index contributed by atoms with van der Waals surface area (Å²) in [6.45, 7) is 0. The fraction of sp³-hybridized carbons (Fsp3) is 0. The van der Waals surface area contributed by atoms with Crippen molar-refractivity contribution in [2.45, 2.75) is 0 Å². The van der Waals surface area contributed by atoms with E-state index in [1.54, 1.807) is 42.5 Å². The highest BCUT2D eigenvalue weighted by Gasteiger charge is 2.04. The number of nitrogens with one attached hydrogen (secondary N) is 2. The molecule has 0 aromatic heterocycles. The summed E-state index contributed by atoms with van der Waals surface area (Å²) in [5.41, 5.74) is 1.23. The lowest BCUT2D eigenvalue weighted by atomic mass is 10.3. The maximum Gasteiger partial charge on any atom is 0.323 e. The Bertz CT molecular complexity index is 558. The molecule has 18 heavy (non-hydrogen) atoms. The number of halogens is 2. The zero-order chi connectivity index (χ0) is 13.0. The number of carbonyl (C=O) groups is 1. The minimum atomic E-state index is -0.354. The van der Waals surface area contributed by atoms with Gasteiger partial charge in [-0.25, -0.2) is 4.79 Å². The first-order chi connectivity index (χ1) is 8.65. The van der Waals surface area contributed by atoms with E-state index in [4.69, 9.17) is 23.2 Å². The fourth-order valence-corrected chi connectivity index (χ4v) is 1.64. The van der Waals surface area contributed by atoms with Crippen molar-refractivity contribution in [3.05, 3.63) is 58.6 Å². The molecule has 0 heterocycles. The lowest BCUT2D eigenvalue weighted by Gasteiger charge is -2.08. The minimum absolute atomic E-state index is 0.354. The molecule has 0 aliphatic rings. The number of anilines is 2. The predicted octanol–water partition coefficient (Wildman–Crippen LogP) is 4.44. The molecule has 2 aromatic carbocycles. The third kappa shape index (κ3) is 3.39. The van der Waals surface area contributed by atoms with Crippen LogP contribution in [-0.4, -0.2) is 6.03 Å². The van der Waals surface area contributed by atoms with E-state index in [-0.39, 0.29) is 6.03 Å². The van der Waals surface area contributed by atoms with Crippen molar-refractivity contribution >= 4 is 40.6 Å². The number of urea groups is 1. The van der Waals surface area contributed by atoms with Crippen LogP contribution in [0.2, 0.25) is 10.0 Å². The normalized spacial score (nSPS) is 9.89. The van der Waals surface area contributed by atoms with Crippen molar-refractivity contribution in [1.82, 2.24) is 0 Å². The first kappa shape index (κ1) is 12.7. The van der Waals surface area contributed by atoms with Gasteiger partial charge in [0.15, 0.2) is 0 Å². The van der Waals surface area contributed by atoms with Gasteiger partial charge in [-0.2, -0.15) is 0 Å². The summed E-state index contributed by atoms with van der Waals surface area (Å²) in [6, 6.07) is 14.4. The number of hydrogen-bond acceptors (Lipinski definition) is 1. The van der Waals surface area contributed by atoms with Gasteiger partial charge in [0.05, 0.1) is 10.0 Å². The molecule has 0 bridgehead atoms. The first-order valence-electron chi connectivity index (χ1n) is 5.14. The molecule has 0 saturated heterocycles. The Labute approximate surface area is 115 Å². The zero-order valence-corrected chi connectivity index (χ0v) is 10.7. The van der Waals surface area contributed by atoms with E-state index in [0.29, 0.717) is 21.4 Å². The van der Waals surface area contributed by atoms with E-state index in [9.17, 15) is 4.79 Å². The SMILES string of the molecule is O=C(Nc1c[c]ccc1)Nc1ccc(Cl)c(Cl)c1.